The van der Waals surface area contributed by atoms with Crippen LogP contribution >= 0.6 is 0 Å². The summed E-state index contributed by atoms with van der Waals surface area (Å²) in [5, 5.41) is 0. The van der Waals surface area contributed by atoms with Gasteiger partial charge in [-0.1, -0.05) is 13.8 Å². The fraction of sp³-hybridized carbons (Fsp3) is 0.619. The van der Waals surface area contributed by atoms with Gasteiger partial charge in [-0.3, -0.25) is 9.59 Å². The molecule has 3 rings (SSSR count). The van der Waals surface area contributed by atoms with Gasteiger partial charge < -0.3 is 9.57 Å². The molecule has 1 heterocycles. The van der Waals surface area contributed by atoms with E-state index in [1.807, 2.05) is 26.0 Å². The number of nitrogens with two attached hydrogens (primary N) is 1. The zero-order valence-corrected chi connectivity index (χ0v) is 15.8. The molecule has 0 amide bonds. The van der Waals surface area contributed by atoms with Crippen molar-refractivity contribution in [3.05, 3.63) is 28.8 Å². The second kappa shape index (κ2) is 8.31. The molecule has 142 valence electrons. The number of carbonyl (C=O) groups is 2. The number of Topliss-reactive ketones (excluding diaryl/α,β-unsaturated/α-hetero) is 2. The first-order chi connectivity index (χ1) is 12.6. The fourth-order valence-corrected chi connectivity index (χ4v) is 4.62. The molecule has 26 heavy (non-hydrogen) atoms. The Labute approximate surface area is 155 Å². The zero-order valence-electron chi connectivity index (χ0n) is 15.8. The lowest BCUT2D eigenvalue weighted by Gasteiger charge is -2.35. The van der Waals surface area contributed by atoms with Crippen molar-refractivity contribution in [1.82, 2.24) is 0 Å². The molecular weight excluding hydrogens is 330 g/mol. The molecule has 1 aliphatic heterocycles. The van der Waals surface area contributed by atoms with Gasteiger partial charge in [0.1, 0.15) is 23.2 Å². The molecule has 1 saturated carbocycles. The predicted molar refractivity (Wildman–Crippen MR) is 99.0 cm³/mol. The van der Waals surface area contributed by atoms with Gasteiger partial charge in [0, 0.05) is 26.1 Å². The molecule has 0 aromatic heterocycles. The van der Waals surface area contributed by atoms with Gasteiger partial charge in [-0.2, -0.15) is 5.90 Å². The van der Waals surface area contributed by atoms with Crippen LogP contribution < -0.4 is 10.7 Å². The summed E-state index contributed by atoms with van der Waals surface area (Å²) in [6.45, 7) is 5.54. The van der Waals surface area contributed by atoms with E-state index < -0.39 is 5.92 Å². The van der Waals surface area contributed by atoms with Gasteiger partial charge in [0.15, 0.2) is 0 Å². The lowest BCUT2D eigenvalue weighted by molar-refractivity contribution is -0.135. The van der Waals surface area contributed by atoms with Gasteiger partial charge in [0.2, 0.25) is 0 Å². The number of ether oxygens (including phenoxy) is 1. The summed E-state index contributed by atoms with van der Waals surface area (Å²) in [4.78, 5) is 31.0. The Kier molecular flexibility index (Phi) is 6.09. The van der Waals surface area contributed by atoms with Crippen LogP contribution in [0.3, 0.4) is 0 Å². The lowest BCUT2D eigenvalue weighted by Crippen LogP contribution is -2.37. The maximum Gasteiger partial charge on any atom is 0.148 e. The Bertz CT molecular complexity index is 636. The summed E-state index contributed by atoms with van der Waals surface area (Å²) in [5.74, 6) is 6.05. The molecule has 1 aromatic carbocycles. The van der Waals surface area contributed by atoms with Crippen LogP contribution in [0.15, 0.2) is 12.1 Å². The first kappa shape index (κ1) is 19.1. The molecule has 0 bridgehead atoms. The topological polar surface area (TPSA) is 78.6 Å². The number of benzene rings is 1. The SMILES string of the molecule is CCc1cc(ON)cc(CC)c1C1C(=O)CC(C2CCOCC2)CC1=O. The maximum absolute atomic E-state index is 13.0. The van der Waals surface area contributed by atoms with Gasteiger partial charge in [-0.25, -0.2) is 0 Å². The number of hydrogen-bond acceptors (Lipinski definition) is 5. The molecule has 2 N–H and O–H groups in total. The number of rotatable bonds is 5. The van der Waals surface area contributed by atoms with Gasteiger partial charge >= 0.3 is 0 Å². The van der Waals surface area contributed by atoms with E-state index in [1.54, 1.807) is 0 Å². The molecule has 0 radical (unpaired) electrons. The van der Waals surface area contributed by atoms with E-state index >= 15 is 0 Å². The minimum Gasteiger partial charge on any atom is -0.412 e. The summed E-state index contributed by atoms with van der Waals surface area (Å²) < 4.78 is 5.43. The van der Waals surface area contributed by atoms with E-state index in [9.17, 15) is 9.59 Å². The highest BCUT2D eigenvalue weighted by Crippen LogP contribution is 2.40. The van der Waals surface area contributed by atoms with Crippen LogP contribution in [-0.4, -0.2) is 24.8 Å². The van der Waals surface area contributed by atoms with E-state index in [-0.39, 0.29) is 17.5 Å². The fourth-order valence-electron chi connectivity index (χ4n) is 4.62. The standard InChI is InChI=1S/C21H29NO4/c1-3-13-9-17(26-22)10-14(4-2)20(13)21-18(23)11-16(12-19(21)24)15-5-7-25-8-6-15/h9-10,15-16,21H,3-8,11-12,22H2,1-2H3. The molecule has 0 atom stereocenters. The highest BCUT2D eigenvalue weighted by Gasteiger charge is 2.41. The largest absolute Gasteiger partial charge is 0.412 e. The third-order valence-electron chi connectivity index (χ3n) is 6.01. The summed E-state index contributed by atoms with van der Waals surface area (Å²) in [6.07, 6.45) is 4.39. The summed E-state index contributed by atoms with van der Waals surface area (Å²) >= 11 is 0. The second-order valence-corrected chi connectivity index (χ2v) is 7.46. The van der Waals surface area contributed by atoms with Gasteiger partial charge in [0.05, 0.1) is 0 Å². The summed E-state index contributed by atoms with van der Waals surface area (Å²) in [5.41, 5.74) is 2.87. The molecule has 1 aromatic rings. The maximum atomic E-state index is 13.0. The molecule has 2 aliphatic rings. The second-order valence-electron chi connectivity index (χ2n) is 7.46. The minimum absolute atomic E-state index is 0.0727. The Hall–Kier alpha value is -1.72. The van der Waals surface area contributed by atoms with E-state index in [0.717, 1.165) is 55.6 Å². The molecule has 5 nitrogen and oxygen atoms in total. The average molecular weight is 359 g/mol. The van der Waals surface area contributed by atoms with Crippen molar-refractivity contribution in [3.8, 4) is 5.75 Å². The van der Waals surface area contributed by atoms with Crippen LogP contribution in [0.25, 0.3) is 0 Å². The normalized spacial score (nSPS) is 24.7. The van der Waals surface area contributed by atoms with Crippen LogP contribution in [0, 0.1) is 11.8 Å². The van der Waals surface area contributed by atoms with Crippen LogP contribution in [0.1, 0.15) is 62.1 Å². The third-order valence-corrected chi connectivity index (χ3v) is 6.01. The Morgan fingerprint density at radius 1 is 1.00 bits per heavy atom. The first-order valence-electron chi connectivity index (χ1n) is 9.74. The minimum atomic E-state index is -0.622. The molecule has 5 heteroatoms. The Balaban J connectivity index is 1.90. The number of aryl methyl sites for hydroxylation is 2. The van der Waals surface area contributed by atoms with Crippen molar-refractivity contribution >= 4 is 11.6 Å². The molecule has 0 unspecified atom stereocenters. The predicted octanol–water partition coefficient (Wildman–Crippen LogP) is 3.12. The van der Waals surface area contributed by atoms with Crippen LogP contribution in [0.2, 0.25) is 0 Å². The Morgan fingerprint density at radius 2 is 1.54 bits per heavy atom. The van der Waals surface area contributed by atoms with E-state index in [2.05, 4.69) is 0 Å². The molecule has 2 fully saturated rings. The van der Waals surface area contributed by atoms with E-state index in [4.69, 9.17) is 15.5 Å². The summed E-state index contributed by atoms with van der Waals surface area (Å²) in [6, 6.07) is 3.72. The van der Waals surface area contributed by atoms with Gasteiger partial charge in [-0.15, -0.1) is 0 Å². The summed E-state index contributed by atoms with van der Waals surface area (Å²) in [7, 11) is 0. The van der Waals surface area contributed by atoms with Crippen molar-refractivity contribution in [1.29, 1.82) is 0 Å². The highest BCUT2D eigenvalue weighted by atomic mass is 16.6. The number of carbonyl (C=O) groups excluding carboxylic acids is 2. The lowest BCUT2D eigenvalue weighted by atomic mass is 9.69. The molecule has 1 saturated heterocycles. The third kappa shape index (κ3) is 3.69. The molecule has 1 aliphatic carbocycles. The van der Waals surface area contributed by atoms with E-state index in [0.29, 0.717) is 24.5 Å². The number of ketones is 2. The van der Waals surface area contributed by atoms with Crippen molar-refractivity contribution in [2.45, 2.75) is 58.3 Å². The molecule has 0 spiro atoms. The van der Waals surface area contributed by atoms with Crippen molar-refractivity contribution in [2.75, 3.05) is 13.2 Å². The zero-order chi connectivity index (χ0) is 18.7. The van der Waals surface area contributed by atoms with Crippen LogP contribution in [0.5, 0.6) is 5.75 Å². The monoisotopic (exact) mass is 359 g/mol. The highest BCUT2D eigenvalue weighted by molar-refractivity contribution is 6.10. The van der Waals surface area contributed by atoms with Crippen LogP contribution in [0.4, 0.5) is 0 Å². The number of hydrogen-bond donors (Lipinski definition) is 1. The first-order valence-corrected chi connectivity index (χ1v) is 9.74. The van der Waals surface area contributed by atoms with Crippen molar-refractivity contribution in [2.24, 2.45) is 17.7 Å². The van der Waals surface area contributed by atoms with Crippen molar-refractivity contribution < 1.29 is 19.2 Å². The Morgan fingerprint density at radius 3 is 2.00 bits per heavy atom. The van der Waals surface area contributed by atoms with E-state index in [1.165, 1.54) is 0 Å². The van der Waals surface area contributed by atoms with Crippen LogP contribution in [-0.2, 0) is 27.2 Å². The molecular formula is C21H29NO4. The average Bonchev–Trinajstić information content (AvgIpc) is 2.67. The van der Waals surface area contributed by atoms with Crippen molar-refractivity contribution in [3.63, 3.8) is 0 Å². The quantitative estimate of drug-likeness (QED) is 0.645. The van der Waals surface area contributed by atoms with Gasteiger partial charge in [0.25, 0.3) is 0 Å². The smallest absolute Gasteiger partial charge is 0.148 e. The van der Waals surface area contributed by atoms with Gasteiger partial charge in [-0.05, 0) is 66.3 Å².